The molecule has 0 N–H and O–H groups in total. The summed E-state index contributed by atoms with van der Waals surface area (Å²) >= 11 is -0.0919. The van der Waals surface area contributed by atoms with Crippen LogP contribution in [0.15, 0.2) is 22.8 Å². The molecule has 12 heavy (non-hydrogen) atoms. The molecule has 0 unspecified atom stereocenters. The molecule has 0 aliphatic carbocycles. The highest BCUT2D eigenvalue weighted by Gasteiger charge is 2.02. The normalized spacial score (nSPS) is 9.08. The number of aromatic nitrogens is 1. The number of rotatable bonds is 1. The van der Waals surface area contributed by atoms with E-state index in [1.807, 2.05) is 6.92 Å². The Kier molecular flexibility index (Phi) is 2.82. The van der Waals surface area contributed by atoms with Crippen LogP contribution in [-0.2, 0) is 11.5 Å². The van der Waals surface area contributed by atoms with Crippen LogP contribution in [0.3, 0.4) is 0 Å². The molecule has 0 aromatic carbocycles. The molecule has 1 amide bonds. The van der Waals surface area contributed by atoms with Gasteiger partial charge in [0.25, 0.3) is 5.91 Å². The third-order valence-electron chi connectivity index (χ3n) is 1.24. The molecule has 62 valence electrons. The largest absolute Gasteiger partial charge is 0.291 e. The van der Waals surface area contributed by atoms with Gasteiger partial charge in [-0.15, -0.1) is 4.36 Å². The summed E-state index contributed by atoms with van der Waals surface area (Å²) in [5, 5.41) is 0. The van der Waals surface area contributed by atoms with Gasteiger partial charge in [0.1, 0.15) is 0 Å². The van der Waals surface area contributed by atoms with Crippen molar-refractivity contribution in [2.45, 2.75) is 6.92 Å². The first kappa shape index (κ1) is 8.73. The SMILES string of the molecule is Cc1cncc(C(=O)N=S=O)c1. The van der Waals surface area contributed by atoms with Crippen molar-refractivity contribution in [3.63, 3.8) is 0 Å². The first-order valence-corrected chi connectivity index (χ1v) is 3.90. The Bertz CT molecular complexity index is 358. The van der Waals surface area contributed by atoms with E-state index in [-0.39, 0.29) is 11.5 Å². The Labute approximate surface area is 72.9 Å². The second-order valence-electron chi connectivity index (χ2n) is 2.22. The highest BCUT2D eigenvalue weighted by molar-refractivity contribution is 7.55. The summed E-state index contributed by atoms with van der Waals surface area (Å²) in [6, 6.07) is 1.63. The molecule has 0 atom stereocenters. The second-order valence-corrected chi connectivity index (χ2v) is 2.55. The van der Waals surface area contributed by atoms with Gasteiger partial charge in [0, 0.05) is 12.4 Å². The molecule has 0 spiro atoms. The maximum absolute atomic E-state index is 11.0. The van der Waals surface area contributed by atoms with Crippen molar-refractivity contribution in [3.8, 4) is 0 Å². The van der Waals surface area contributed by atoms with E-state index in [1.165, 1.54) is 6.20 Å². The summed E-state index contributed by atoms with van der Waals surface area (Å²) in [5.41, 5.74) is 1.21. The molecular weight excluding hydrogens is 176 g/mol. The average molecular weight is 182 g/mol. The van der Waals surface area contributed by atoms with Gasteiger partial charge in [0.05, 0.1) is 5.56 Å². The zero-order chi connectivity index (χ0) is 8.97. The number of amides is 1. The molecule has 1 rings (SSSR count). The molecule has 0 saturated carbocycles. The van der Waals surface area contributed by atoms with Crippen LogP contribution in [0.25, 0.3) is 0 Å². The third kappa shape index (κ3) is 2.06. The number of nitrogens with zero attached hydrogens (tertiary/aromatic N) is 2. The summed E-state index contributed by atoms with van der Waals surface area (Å²) in [6.07, 6.45) is 3.01. The topological polar surface area (TPSA) is 59.4 Å². The molecule has 1 aromatic heterocycles. The van der Waals surface area contributed by atoms with Crippen LogP contribution in [0.1, 0.15) is 15.9 Å². The molecule has 0 radical (unpaired) electrons. The van der Waals surface area contributed by atoms with Crippen molar-refractivity contribution in [1.82, 2.24) is 4.98 Å². The highest BCUT2D eigenvalue weighted by atomic mass is 32.1. The minimum atomic E-state index is -0.536. The Morgan fingerprint density at radius 3 is 2.92 bits per heavy atom. The maximum Gasteiger partial charge on any atom is 0.291 e. The van der Waals surface area contributed by atoms with E-state index in [2.05, 4.69) is 9.35 Å². The number of aryl methyl sites for hydroxylation is 1. The van der Waals surface area contributed by atoms with Crippen molar-refractivity contribution >= 4 is 17.4 Å². The number of pyridine rings is 1. The fraction of sp³-hybridized carbons (Fsp3) is 0.143. The zero-order valence-electron chi connectivity index (χ0n) is 6.35. The minimum absolute atomic E-state index is 0.0919. The number of hydrogen-bond donors (Lipinski definition) is 0. The van der Waals surface area contributed by atoms with Gasteiger partial charge in [0.15, 0.2) is 0 Å². The predicted octanol–water partition coefficient (Wildman–Crippen LogP) is 0.927. The van der Waals surface area contributed by atoms with E-state index in [4.69, 9.17) is 0 Å². The number of carbonyl (C=O) groups is 1. The zero-order valence-corrected chi connectivity index (χ0v) is 7.17. The summed E-state index contributed by atoms with van der Waals surface area (Å²) < 4.78 is 13.0. The van der Waals surface area contributed by atoms with Crippen molar-refractivity contribution in [2.75, 3.05) is 0 Å². The molecule has 5 heteroatoms. The second kappa shape index (κ2) is 3.87. The number of carbonyl (C=O) groups excluding carboxylic acids is 1. The smallest absolute Gasteiger partial charge is 0.266 e. The summed E-state index contributed by atoms with van der Waals surface area (Å²) in [4.78, 5) is 14.8. The molecular formula is C7H6N2O2S. The molecule has 0 saturated heterocycles. The van der Waals surface area contributed by atoms with E-state index in [9.17, 15) is 9.00 Å². The predicted molar refractivity (Wildman–Crippen MR) is 43.9 cm³/mol. The summed E-state index contributed by atoms with van der Waals surface area (Å²) in [6.45, 7) is 1.81. The molecule has 0 aliphatic heterocycles. The van der Waals surface area contributed by atoms with Gasteiger partial charge in [-0.1, -0.05) is 0 Å². The monoisotopic (exact) mass is 182 g/mol. The van der Waals surface area contributed by atoms with Crippen molar-refractivity contribution < 1.29 is 9.00 Å². The Balaban J connectivity index is 3.03. The van der Waals surface area contributed by atoms with Crippen LogP contribution >= 0.6 is 0 Å². The van der Waals surface area contributed by atoms with Gasteiger partial charge in [-0.2, -0.15) is 4.21 Å². The summed E-state index contributed by atoms with van der Waals surface area (Å²) in [7, 11) is 0. The Hall–Kier alpha value is -1.36. The van der Waals surface area contributed by atoms with Crippen LogP contribution in [0.4, 0.5) is 0 Å². The van der Waals surface area contributed by atoms with E-state index in [1.54, 1.807) is 12.3 Å². The standard InChI is InChI=1S/C7H6N2O2S/c1-5-2-6(4-8-3-5)7(10)9-12-11/h2-4H,1H3. The van der Waals surface area contributed by atoms with Gasteiger partial charge in [-0.25, -0.2) is 0 Å². The van der Waals surface area contributed by atoms with Gasteiger partial charge >= 0.3 is 0 Å². The molecule has 0 aliphatic rings. The van der Waals surface area contributed by atoms with Gasteiger partial charge in [0.2, 0.25) is 11.5 Å². The van der Waals surface area contributed by atoms with Crippen molar-refractivity contribution in [1.29, 1.82) is 0 Å². The molecule has 1 heterocycles. The third-order valence-corrected chi connectivity index (χ3v) is 1.48. The number of hydrogen-bond acceptors (Lipinski definition) is 3. The van der Waals surface area contributed by atoms with E-state index in [0.29, 0.717) is 5.56 Å². The molecule has 0 fully saturated rings. The Morgan fingerprint density at radius 2 is 2.33 bits per heavy atom. The molecule has 1 aromatic rings. The van der Waals surface area contributed by atoms with Crippen LogP contribution < -0.4 is 0 Å². The van der Waals surface area contributed by atoms with Crippen LogP contribution in [0.5, 0.6) is 0 Å². The average Bonchev–Trinajstić information content (AvgIpc) is 2.05. The van der Waals surface area contributed by atoms with E-state index >= 15 is 0 Å². The van der Waals surface area contributed by atoms with Gasteiger partial charge in [-0.05, 0) is 18.6 Å². The maximum atomic E-state index is 11.0. The quantitative estimate of drug-likeness (QED) is 0.649. The van der Waals surface area contributed by atoms with Gasteiger partial charge < -0.3 is 0 Å². The molecule has 4 nitrogen and oxygen atoms in total. The van der Waals surface area contributed by atoms with E-state index < -0.39 is 5.91 Å². The lowest BCUT2D eigenvalue weighted by molar-refractivity contribution is 0.100. The minimum Gasteiger partial charge on any atom is -0.266 e. The van der Waals surface area contributed by atoms with Crippen molar-refractivity contribution in [2.24, 2.45) is 4.36 Å². The van der Waals surface area contributed by atoms with Gasteiger partial charge in [-0.3, -0.25) is 9.78 Å². The fourth-order valence-corrected chi connectivity index (χ4v) is 0.932. The first-order valence-electron chi connectivity index (χ1n) is 3.20. The van der Waals surface area contributed by atoms with Crippen LogP contribution in [0, 0.1) is 6.92 Å². The lowest BCUT2D eigenvalue weighted by Crippen LogP contribution is -1.94. The first-order chi connectivity index (χ1) is 5.74. The lowest BCUT2D eigenvalue weighted by Gasteiger charge is -1.93. The molecule has 0 bridgehead atoms. The Morgan fingerprint density at radius 1 is 1.58 bits per heavy atom. The highest BCUT2D eigenvalue weighted by Crippen LogP contribution is 2.02. The lowest BCUT2D eigenvalue weighted by atomic mass is 10.2. The summed E-state index contributed by atoms with van der Waals surface area (Å²) in [5.74, 6) is -0.536. The van der Waals surface area contributed by atoms with Crippen LogP contribution in [0.2, 0.25) is 0 Å². The van der Waals surface area contributed by atoms with Crippen LogP contribution in [-0.4, -0.2) is 15.1 Å². The van der Waals surface area contributed by atoms with Crippen molar-refractivity contribution in [3.05, 3.63) is 29.6 Å². The fourth-order valence-electron chi connectivity index (χ4n) is 0.758. The van der Waals surface area contributed by atoms with E-state index in [0.717, 1.165) is 5.56 Å².